The van der Waals surface area contributed by atoms with Gasteiger partial charge in [-0.05, 0) is 17.7 Å². The summed E-state index contributed by atoms with van der Waals surface area (Å²) in [5.41, 5.74) is 3.20. The summed E-state index contributed by atoms with van der Waals surface area (Å²) >= 11 is 0. The van der Waals surface area contributed by atoms with Crippen molar-refractivity contribution in [3.63, 3.8) is 0 Å². The number of para-hydroxylation sites is 1. The minimum Gasteiger partial charge on any atom is -0.240 e. The second-order valence-electron chi connectivity index (χ2n) is 4.27. The van der Waals surface area contributed by atoms with Crippen LogP contribution >= 0.6 is 0 Å². The van der Waals surface area contributed by atoms with Gasteiger partial charge in [0.15, 0.2) is 0 Å². The molecule has 3 rings (SSSR count). The van der Waals surface area contributed by atoms with Crippen LogP contribution in [0.3, 0.4) is 0 Å². The van der Waals surface area contributed by atoms with E-state index in [2.05, 4.69) is 36.0 Å². The average molecular weight is 246 g/mol. The van der Waals surface area contributed by atoms with Crippen LogP contribution in [0.15, 0.2) is 61.2 Å². The molecule has 2 aromatic carbocycles. The zero-order valence-corrected chi connectivity index (χ0v) is 10.5. The third kappa shape index (κ3) is 2.20. The van der Waals surface area contributed by atoms with Crippen LogP contribution in [0.2, 0.25) is 0 Å². The highest BCUT2D eigenvalue weighted by atomic mass is 15.3. The number of benzene rings is 2. The Morgan fingerprint density at radius 2 is 1.63 bits per heavy atom. The van der Waals surface area contributed by atoms with Gasteiger partial charge < -0.3 is 0 Å². The first kappa shape index (κ1) is 11.5. The highest BCUT2D eigenvalue weighted by Gasteiger charge is 2.04. The van der Waals surface area contributed by atoms with E-state index in [9.17, 15) is 0 Å². The first-order valence-corrected chi connectivity index (χ1v) is 6.21. The van der Waals surface area contributed by atoms with E-state index in [-0.39, 0.29) is 0 Å². The summed E-state index contributed by atoms with van der Waals surface area (Å²) in [7, 11) is 0. The van der Waals surface area contributed by atoms with Gasteiger partial charge in [-0.2, -0.15) is 5.10 Å². The SMILES string of the molecule is C=Cn1nc(C=Cc2ccccc2)c2ccccc21. The van der Waals surface area contributed by atoms with Crippen LogP contribution in [0.4, 0.5) is 0 Å². The van der Waals surface area contributed by atoms with Crippen molar-refractivity contribution in [2.45, 2.75) is 0 Å². The van der Waals surface area contributed by atoms with Crippen LogP contribution in [0, 0.1) is 0 Å². The minimum atomic E-state index is 0.958. The molecule has 0 N–H and O–H groups in total. The van der Waals surface area contributed by atoms with Gasteiger partial charge in [0.25, 0.3) is 0 Å². The third-order valence-electron chi connectivity index (χ3n) is 3.05. The van der Waals surface area contributed by atoms with Crippen LogP contribution in [0.25, 0.3) is 29.3 Å². The topological polar surface area (TPSA) is 17.8 Å². The quantitative estimate of drug-likeness (QED) is 0.673. The molecule has 19 heavy (non-hydrogen) atoms. The Morgan fingerprint density at radius 1 is 0.895 bits per heavy atom. The van der Waals surface area contributed by atoms with E-state index in [4.69, 9.17) is 0 Å². The van der Waals surface area contributed by atoms with Gasteiger partial charge in [-0.1, -0.05) is 61.2 Å². The molecule has 0 saturated heterocycles. The second-order valence-corrected chi connectivity index (χ2v) is 4.27. The molecule has 0 fully saturated rings. The van der Waals surface area contributed by atoms with Gasteiger partial charge in [0.2, 0.25) is 0 Å². The molecule has 0 saturated carbocycles. The lowest BCUT2D eigenvalue weighted by molar-refractivity contribution is 0.961. The Hall–Kier alpha value is -2.61. The van der Waals surface area contributed by atoms with Crippen molar-refractivity contribution in [1.29, 1.82) is 0 Å². The Balaban J connectivity index is 2.06. The number of nitrogens with zero attached hydrogens (tertiary/aromatic N) is 2. The molecular formula is C17H14N2. The molecule has 2 heteroatoms. The summed E-state index contributed by atoms with van der Waals surface area (Å²) in [6, 6.07) is 18.4. The highest BCUT2D eigenvalue weighted by molar-refractivity contribution is 5.90. The van der Waals surface area contributed by atoms with Crippen LogP contribution in [0.5, 0.6) is 0 Å². The maximum absolute atomic E-state index is 4.53. The zero-order chi connectivity index (χ0) is 13.1. The van der Waals surface area contributed by atoms with E-state index < -0.39 is 0 Å². The van der Waals surface area contributed by atoms with Crippen molar-refractivity contribution in [3.05, 3.63) is 72.4 Å². The van der Waals surface area contributed by atoms with E-state index in [1.54, 1.807) is 10.9 Å². The van der Waals surface area contributed by atoms with Gasteiger partial charge in [0.05, 0.1) is 11.2 Å². The largest absolute Gasteiger partial charge is 0.240 e. The number of fused-ring (bicyclic) bond motifs is 1. The van der Waals surface area contributed by atoms with E-state index in [1.165, 1.54) is 5.56 Å². The van der Waals surface area contributed by atoms with Crippen molar-refractivity contribution in [2.75, 3.05) is 0 Å². The molecule has 1 heterocycles. The lowest BCUT2D eigenvalue weighted by Gasteiger charge is -1.91. The van der Waals surface area contributed by atoms with Crippen LogP contribution in [0.1, 0.15) is 11.3 Å². The number of hydrogen-bond donors (Lipinski definition) is 0. The van der Waals surface area contributed by atoms with E-state index in [0.717, 1.165) is 16.6 Å². The van der Waals surface area contributed by atoms with Crippen molar-refractivity contribution in [1.82, 2.24) is 9.78 Å². The van der Waals surface area contributed by atoms with Gasteiger partial charge in [-0.25, -0.2) is 4.68 Å². The van der Waals surface area contributed by atoms with E-state index in [0.29, 0.717) is 0 Å². The molecule has 0 spiro atoms. The summed E-state index contributed by atoms with van der Waals surface area (Å²) in [6.07, 6.45) is 5.84. The Kier molecular flexibility index (Phi) is 2.99. The fourth-order valence-electron chi connectivity index (χ4n) is 2.12. The summed E-state index contributed by atoms with van der Waals surface area (Å²) in [4.78, 5) is 0. The first-order chi connectivity index (χ1) is 9.38. The maximum Gasteiger partial charge on any atom is 0.0934 e. The van der Waals surface area contributed by atoms with Crippen LogP contribution in [-0.4, -0.2) is 9.78 Å². The Labute approximate surface area is 112 Å². The number of aromatic nitrogens is 2. The molecule has 0 aliphatic heterocycles. The fraction of sp³-hybridized carbons (Fsp3) is 0. The van der Waals surface area contributed by atoms with Crippen molar-refractivity contribution >= 4 is 29.3 Å². The minimum absolute atomic E-state index is 0.958. The van der Waals surface area contributed by atoms with Gasteiger partial charge in [-0.15, -0.1) is 0 Å². The molecule has 3 aromatic rings. The molecule has 2 nitrogen and oxygen atoms in total. The lowest BCUT2D eigenvalue weighted by atomic mass is 10.1. The number of rotatable bonds is 3. The summed E-state index contributed by atoms with van der Waals surface area (Å²) < 4.78 is 1.81. The van der Waals surface area contributed by atoms with Gasteiger partial charge >= 0.3 is 0 Å². The summed E-state index contributed by atoms with van der Waals surface area (Å²) in [6.45, 7) is 3.79. The standard InChI is InChI=1S/C17H14N2/c1-2-19-17-11-7-6-10-15(17)16(18-19)13-12-14-8-4-3-5-9-14/h2-13H,1H2. The second kappa shape index (κ2) is 4.94. The molecule has 0 amide bonds. The highest BCUT2D eigenvalue weighted by Crippen LogP contribution is 2.20. The molecule has 0 bridgehead atoms. The fourth-order valence-corrected chi connectivity index (χ4v) is 2.12. The molecular weight excluding hydrogens is 232 g/mol. The van der Waals surface area contributed by atoms with Crippen molar-refractivity contribution < 1.29 is 0 Å². The molecule has 0 atom stereocenters. The van der Waals surface area contributed by atoms with E-state index in [1.807, 2.05) is 42.5 Å². The van der Waals surface area contributed by atoms with Crippen LogP contribution < -0.4 is 0 Å². The number of hydrogen-bond acceptors (Lipinski definition) is 1. The molecule has 0 unspecified atom stereocenters. The van der Waals surface area contributed by atoms with Crippen molar-refractivity contribution in [3.8, 4) is 0 Å². The Morgan fingerprint density at radius 3 is 2.42 bits per heavy atom. The lowest BCUT2D eigenvalue weighted by Crippen LogP contribution is -1.86. The zero-order valence-electron chi connectivity index (χ0n) is 10.5. The summed E-state index contributed by atoms with van der Waals surface area (Å²) in [5.74, 6) is 0. The van der Waals surface area contributed by atoms with Gasteiger partial charge in [-0.3, -0.25) is 0 Å². The molecule has 0 aliphatic rings. The molecule has 1 aromatic heterocycles. The smallest absolute Gasteiger partial charge is 0.0934 e. The predicted molar refractivity (Wildman–Crippen MR) is 81.5 cm³/mol. The first-order valence-electron chi connectivity index (χ1n) is 6.21. The molecule has 92 valence electrons. The third-order valence-corrected chi connectivity index (χ3v) is 3.05. The molecule has 0 radical (unpaired) electrons. The van der Waals surface area contributed by atoms with Gasteiger partial charge in [0, 0.05) is 11.6 Å². The Bertz CT molecular complexity index is 736. The van der Waals surface area contributed by atoms with Crippen LogP contribution in [-0.2, 0) is 0 Å². The van der Waals surface area contributed by atoms with E-state index >= 15 is 0 Å². The summed E-state index contributed by atoms with van der Waals surface area (Å²) in [5, 5.41) is 5.67. The normalized spacial score (nSPS) is 11.2. The average Bonchev–Trinajstić information content (AvgIpc) is 2.84. The maximum atomic E-state index is 4.53. The molecule has 0 aliphatic carbocycles. The van der Waals surface area contributed by atoms with Crippen molar-refractivity contribution in [2.24, 2.45) is 0 Å². The predicted octanol–water partition coefficient (Wildman–Crippen LogP) is 4.31. The monoisotopic (exact) mass is 246 g/mol. The van der Waals surface area contributed by atoms with Gasteiger partial charge in [0.1, 0.15) is 0 Å².